The molecule has 2 N–H and O–H groups in total. The smallest absolute Gasteiger partial charge is 0.415 e. The molecule has 3 rings (SSSR count). The third-order valence-electron chi connectivity index (χ3n) is 4.10. The third kappa shape index (κ3) is 3.36. The van der Waals surface area contributed by atoms with Crippen molar-refractivity contribution < 1.29 is 31.5 Å². The first-order valence-electron chi connectivity index (χ1n) is 7.40. The fourth-order valence-electron chi connectivity index (χ4n) is 2.77. The number of nitrogens with two attached hydrogens (primary N) is 1. The number of rotatable bonds is 3. The van der Waals surface area contributed by atoms with Crippen molar-refractivity contribution in [3.05, 3.63) is 23.8 Å². The Kier molecular flexibility index (Phi) is 4.27. The van der Waals surface area contributed by atoms with Crippen LogP contribution in [0.2, 0.25) is 0 Å². The average molecular weight is 375 g/mol. The van der Waals surface area contributed by atoms with Crippen molar-refractivity contribution in [2.24, 2.45) is 5.73 Å². The molecule has 2 aliphatic heterocycles. The van der Waals surface area contributed by atoms with Gasteiger partial charge in [0.15, 0.2) is 27.6 Å². The van der Waals surface area contributed by atoms with E-state index in [0.29, 0.717) is 0 Å². The zero-order valence-electron chi connectivity index (χ0n) is 12.9. The van der Waals surface area contributed by atoms with Crippen molar-refractivity contribution >= 4 is 33.2 Å². The van der Waals surface area contributed by atoms with Crippen LogP contribution in [0.1, 0.15) is 0 Å². The maximum atomic E-state index is 14.4. The predicted molar refractivity (Wildman–Crippen MR) is 84.0 cm³/mol. The lowest BCUT2D eigenvalue weighted by Crippen LogP contribution is -2.41. The van der Waals surface area contributed by atoms with Crippen LogP contribution in [-0.2, 0) is 19.4 Å². The molecule has 0 saturated carbocycles. The molecule has 1 aromatic carbocycles. The molecule has 0 radical (unpaired) electrons. The van der Waals surface area contributed by atoms with Crippen LogP contribution >= 0.6 is 0 Å². The SMILES string of the molecule is NC(=O)[C@H]1CN(c2cc(F)c(N3CCS(=O)(=O)CC3)c(F)c2)C(=O)O1. The van der Waals surface area contributed by atoms with Crippen molar-refractivity contribution in [3.8, 4) is 0 Å². The number of nitrogens with zero attached hydrogens (tertiary/aromatic N) is 2. The van der Waals surface area contributed by atoms with Crippen LogP contribution in [0.5, 0.6) is 0 Å². The summed E-state index contributed by atoms with van der Waals surface area (Å²) < 4.78 is 56.4. The zero-order valence-corrected chi connectivity index (χ0v) is 13.8. The molecule has 0 spiro atoms. The van der Waals surface area contributed by atoms with E-state index in [0.717, 1.165) is 17.0 Å². The maximum Gasteiger partial charge on any atom is 0.415 e. The van der Waals surface area contributed by atoms with Crippen LogP contribution in [0.25, 0.3) is 0 Å². The Morgan fingerprint density at radius 2 is 1.76 bits per heavy atom. The van der Waals surface area contributed by atoms with Gasteiger partial charge in [0.1, 0.15) is 5.69 Å². The number of sulfone groups is 1. The number of carbonyl (C=O) groups excluding carboxylic acids is 2. The summed E-state index contributed by atoms with van der Waals surface area (Å²) in [5, 5.41) is 0. The summed E-state index contributed by atoms with van der Waals surface area (Å²) in [5.41, 5.74) is 4.59. The van der Waals surface area contributed by atoms with E-state index < -0.39 is 39.6 Å². The highest BCUT2D eigenvalue weighted by Crippen LogP contribution is 2.31. The molecule has 2 saturated heterocycles. The lowest BCUT2D eigenvalue weighted by molar-refractivity contribution is -0.124. The second kappa shape index (κ2) is 6.14. The normalized spacial score (nSPS) is 22.8. The molecule has 0 aliphatic carbocycles. The average Bonchev–Trinajstić information content (AvgIpc) is 2.90. The minimum absolute atomic E-state index is 0.0228. The van der Waals surface area contributed by atoms with Crippen LogP contribution in [0.15, 0.2) is 12.1 Å². The maximum absolute atomic E-state index is 14.4. The molecule has 2 heterocycles. The standard InChI is InChI=1S/C14H15F2N3O5S/c15-9-5-8(19-7-11(13(17)20)24-14(19)21)6-10(16)12(9)18-1-3-25(22,23)4-2-18/h5-6,11H,1-4,7H2,(H2,17,20)/t11-/m1/s1. The van der Waals surface area contributed by atoms with E-state index in [1.165, 1.54) is 4.90 Å². The zero-order chi connectivity index (χ0) is 18.4. The van der Waals surface area contributed by atoms with Crippen molar-refractivity contribution in [2.75, 3.05) is 40.9 Å². The number of anilines is 2. The number of hydrogen-bond donors (Lipinski definition) is 1. The van der Waals surface area contributed by atoms with E-state index in [4.69, 9.17) is 10.5 Å². The molecular formula is C14H15F2N3O5S. The number of carbonyl (C=O) groups is 2. The summed E-state index contributed by atoms with van der Waals surface area (Å²) in [5.74, 6) is -3.11. The van der Waals surface area contributed by atoms with Gasteiger partial charge in [0.25, 0.3) is 5.91 Å². The van der Waals surface area contributed by atoms with E-state index in [1.807, 2.05) is 0 Å². The van der Waals surface area contributed by atoms with Gasteiger partial charge in [-0.1, -0.05) is 0 Å². The van der Waals surface area contributed by atoms with Gasteiger partial charge in [-0.3, -0.25) is 9.69 Å². The number of cyclic esters (lactones) is 1. The van der Waals surface area contributed by atoms with Crippen molar-refractivity contribution in [1.29, 1.82) is 0 Å². The summed E-state index contributed by atoms with van der Waals surface area (Å²) in [4.78, 5) is 25.0. The molecule has 11 heteroatoms. The Hall–Kier alpha value is -2.43. The lowest BCUT2D eigenvalue weighted by Gasteiger charge is -2.29. The van der Waals surface area contributed by atoms with Crippen LogP contribution < -0.4 is 15.5 Å². The van der Waals surface area contributed by atoms with E-state index in [1.54, 1.807) is 0 Å². The number of benzene rings is 1. The summed E-state index contributed by atoms with van der Waals surface area (Å²) in [7, 11) is -3.19. The Morgan fingerprint density at radius 1 is 1.20 bits per heavy atom. The van der Waals surface area contributed by atoms with Crippen molar-refractivity contribution in [1.82, 2.24) is 0 Å². The van der Waals surface area contributed by atoms with Crippen molar-refractivity contribution in [2.45, 2.75) is 6.10 Å². The van der Waals surface area contributed by atoms with Crippen molar-refractivity contribution in [3.63, 3.8) is 0 Å². The first kappa shape index (κ1) is 17.4. The molecule has 25 heavy (non-hydrogen) atoms. The summed E-state index contributed by atoms with van der Waals surface area (Å²) in [6.07, 6.45) is -2.12. The molecule has 0 bridgehead atoms. The molecule has 136 valence electrons. The second-order valence-corrected chi connectivity index (χ2v) is 8.09. The molecule has 0 unspecified atom stereocenters. The minimum atomic E-state index is -3.19. The third-order valence-corrected chi connectivity index (χ3v) is 5.71. The predicted octanol–water partition coefficient (Wildman–Crippen LogP) is 0.0101. The largest absolute Gasteiger partial charge is 0.434 e. The Bertz CT molecular complexity index is 808. The quantitative estimate of drug-likeness (QED) is 0.797. The Labute approximate surface area is 142 Å². The van der Waals surface area contributed by atoms with Gasteiger partial charge in [-0.15, -0.1) is 0 Å². The van der Waals surface area contributed by atoms with Gasteiger partial charge >= 0.3 is 6.09 Å². The molecule has 0 aromatic heterocycles. The number of primary amides is 1. The topological polar surface area (TPSA) is 110 Å². The summed E-state index contributed by atoms with van der Waals surface area (Å²) in [6, 6.07) is 1.87. The molecule has 2 fully saturated rings. The second-order valence-electron chi connectivity index (χ2n) is 5.78. The molecular weight excluding hydrogens is 360 g/mol. The van der Waals surface area contributed by atoms with Gasteiger partial charge in [-0.2, -0.15) is 0 Å². The van der Waals surface area contributed by atoms with E-state index in [2.05, 4.69) is 0 Å². The summed E-state index contributed by atoms with van der Waals surface area (Å²) in [6.45, 7) is -0.287. The Balaban J connectivity index is 1.86. The fraction of sp³-hybridized carbons (Fsp3) is 0.429. The van der Waals surface area contributed by atoms with E-state index >= 15 is 0 Å². The minimum Gasteiger partial charge on any atom is -0.434 e. The highest BCUT2D eigenvalue weighted by atomic mass is 32.2. The van der Waals surface area contributed by atoms with E-state index in [-0.39, 0.29) is 42.5 Å². The highest BCUT2D eigenvalue weighted by Gasteiger charge is 2.37. The Morgan fingerprint density at radius 3 is 2.24 bits per heavy atom. The van der Waals surface area contributed by atoms with Gasteiger partial charge in [0.2, 0.25) is 0 Å². The lowest BCUT2D eigenvalue weighted by atomic mass is 10.2. The van der Waals surface area contributed by atoms with Gasteiger partial charge in [0.05, 0.1) is 23.7 Å². The van der Waals surface area contributed by atoms with Crippen LogP contribution in [0.3, 0.4) is 0 Å². The fourth-order valence-corrected chi connectivity index (χ4v) is 3.97. The number of amides is 2. The molecule has 8 nitrogen and oxygen atoms in total. The number of hydrogen-bond acceptors (Lipinski definition) is 6. The van der Waals surface area contributed by atoms with E-state index in [9.17, 15) is 26.8 Å². The monoisotopic (exact) mass is 375 g/mol. The van der Waals surface area contributed by atoms with Gasteiger partial charge in [-0.25, -0.2) is 22.0 Å². The molecule has 1 aromatic rings. The highest BCUT2D eigenvalue weighted by molar-refractivity contribution is 7.91. The van der Waals surface area contributed by atoms with Crippen LogP contribution in [0, 0.1) is 11.6 Å². The van der Waals surface area contributed by atoms with Gasteiger partial charge in [-0.05, 0) is 0 Å². The molecule has 2 amide bonds. The first-order chi connectivity index (χ1) is 11.7. The number of halogens is 2. The summed E-state index contributed by atoms with van der Waals surface area (Å²) >= 11 is 0. The van der Waals surface area contributed by atoms with Gasteiger partial charge < -0.3 is 15.4 Å². The van der Waals surface area contributed by atoms with Crippen LogP contribution in [0.4, 0.5) is 25.0 Å². The first-order valence-corrected chi connectivity index (χ1v) is 9.22. The van der Waals surface area contributed by atoms with Crippen LogP contribution in [-0.4, -0.2) is 57.7 Å². The van der Waals surface area contributed by atoms with Gasteiger partial charge in [0, 0.05) is 25.2 Å². The molecule has 2 aliphatic rings. The molecule has 1 atom stereocenters. The number of ether oxygens (including phenoxy) is 1.